The van der Waals surface area contributed by atoms with Crippen LogP contribution < -0.4 is 0 Å². The van der Waals surface area contributed by atoms with Gasteiger partial charge in [0.1, 0.15) is 0 Å². The van der Waals surface area contributed by atoms with Crippen molar-refractivity contribution in [1.29, 1.82) is 0 Å². The minimum atomic E-state index is -2.32. The Kier molecular flexibility index (Phi) is 7.84. The molecule has 2 rings (SSSR count). The summed E-state index contributed by atoms with van der Waals surface area (Å²) in [6, 6.07) is 0. The van der Waals surface area contributed by atoms with Crippen LogP contribution in [-0.4, -0.2) is 87.3 Å². The third kappa shape index (κ3) is 5.22. The van der Waals surface area contributed by atoms with Gasteiger partial charge in [-0.25, -0.2) is 0 Å². The molecule has 1 heterocycles. The van der Waals surface area contributed by atoms with E-state index >= 15 is 0 Å². The van der Waals surface area contributed by atoms with Gasteiger partial charge in [-0.05, 0) is 0 Å². The Labute approximate surface area is 174 Å². The van der Waals surface area contributed by atoms with Gasteiger partial charge in [0.05, 0.1) is 0 Å². The Balaban J connectivity index is 2.51. The molecular weight excluding hydrogens is 462 g/mol. The van der Waals surface area contributed by atoms with Crippen molar-refractivity contribution < 1.29 is 19.1 Å². The van der Waals surface area contributed by atoms with E-state index < -0.39 is 35.7 Å². The van der Waals surface area contributed by atoms with Crippen LogP contribution in [0.5, 0.6) is 0 Å². The van der Waals surface area contributed by atoms with Crippen molar-refractivity contribution in [3.05, 3.63) is 21.2 Å². The number of allylic oxidation sites excluding steroid dienone is 2. The minimum absolute atomic E-state index is 0.175. The van der Waals surface area contributed by atoms with Gasteiger partial charge in [-0.2, -0.15) is 0 Å². The number of rotatable bonds is 6. The molecule has 1 saturated carbocycles. The molecule has 0 atom stereocenters. The average molecular weight is 497 g/mol. The molecule has 2 aliphatic rings. The van der Waals surface area contributed by atoms with Crippen molar-refractivity contribution in [2.24, 2.45) is 5.41 Å². The number of hydrogen-bond donors (Lipinski definition) is 0. The van der Waals surface area contributed by atoms with E-state index in [1.165, 1.54) is 0 Å². The standard InChI is InChI=1S/C17H26BN2O4.3CH3.Sn/c1-6-23-15(21)17(16(22)24-7-2)10-13(3)14(11-17)12-18-19(4)8-9-20(18)5;;;;/h3,12H,6-11H2,1-2,4-5H3;3*1H3;. The van der Waals surface area contributed by atoms with Gasteiger partial charge in [-0.1, -0.05) is 0 Å². The molecule has 0 spiro atoms. The van der Waals surface area contributed by atoms with Gasteiger partial charge in [-0.15, -0.1) is 0 Å². The summed E-state index contributed by atoms with van der Waals surface area (Å²) in [4.78, 5) is 37.4. The molecule has 0 bridgehead atoms. The monoisotopic (exact) mass is 498 g/mol. The summed E-state index contributed by atoms with van der Waals surface area (Å²) in [6.45, 7) is 6.23. The molecule has 1 aliphatic heterocycles. The van der Waals surface area contributed by atoms with Crippen molar-refractivity contribution in [3.8, 4) is 0 Å². The van der Waals surface area contributed by atoms with Crippen molar-refractivity contribution in [3.63, 3.8) is 0 Å². The van der Waals surface area contributed by atoms with Gasteiger partial charge >= 0.3 is 175 Å². The zero-order valence-electron chi connectivity index (χ0n) is 18.5. The predicted molar refractivity (Wildman–Crippen MR) is 115 cm³/mol. The molecule has 0 aromatic rings. The van der Waals surface area contributed by atoms with E-state index in [9.17, 15) is 9.59 Å². The van der Waals surface area contributed by atoms with E-state index in [-0.39, 0.29) is 20.2 Å². The SMILES string of the molecule is CCOC(=O)C1(C(=O)OCC)CC(=CB2N(C)CCN2C)C(=[CH][Sn]([CH3])([CH3])[CH3])C1. The van der Waals surface area contributed by atoms with Crippen molar-refractivity contribution >= 4 is 37.3 Å². The Morgan fingerprint density at radius 2 is 1.46 bits per heavy atom. The summed E-state index contributed by atoms with van der Waals surface area (Å²) < 4.78 is 13.1. The molecule has 156 valence electrons. The number of hydrogen-bond acceptors (Lipinski definition) is 6. The molecule has 28 heavy (non-hydrogen) atoms. The second kappa shape index (κ2) is 9.35. The topological polar surface area (TPSA) is 59.1 Å². The van der Waals surface area contributed by atoms with Crippen LogP contribution in [-0.2, 0) is 19.1 Å². The summed E-state index contributed by atoms with van der Waals surface area (Å²) in [5.41, 5.74) is 0.979. The van der Waals surface area contributed by atoms with E-state index in [1.54, 1.807) is 13.8 Å². The van der Waals surface area contributed by atoms with Gasteiger partial charge in [0.15, 0.2) is 0 Å². The number of ether oxygens (including phenoxy) is 2. The van der Waals surface area contributed by atoms with E-state index in [2.05, 4.69) is 48.6 Å². The average Bonchev–Trinajstić information content (AvgIpc) is 3.10. The summed E-state index contributed by atoms with van der Waals surface area (Å²) in [5, 5.41) is 0. The van der Waals surface area contributed by atoms with Gasteiger partial charge in [-0.3, -0.25) is 0 Å². The normalized spacial score (nSPS) is 23.6. The van der Waals surface area contributed by atoms with E-state index in [4.69, 9.17) is 9.47 Å². The van der Waals surface area contributed by atoms with Crippen molar-refractivity contribution in [2.45, 2.75) is 41.5 Å². The third-order valence-electron chi connectivity index (χ3n) is 5.40. The van der Waals surface area contributed by atoms with Crippen molar-refractivity contribution in [1.82, 2.24) is 9.62 Å². The molecule has 8 heteroatoms. The van der Waals surface area contributed by atoms with Gasteiger partial charge in [0.2, 0.25) is 0 Å². The molecule has 1 saturated heterocycles. The Bertz CT molecular complexity index is 644. The first-order chi connectivity index (χ1) is 13.0. The van der Waals surface area contributed by atoms with E-state index in [0.717, 1.165) is 24.2 Å². The van der Waals surface area contributed by atoms with Crippen LogP contribution in [0.2, 0.25) is 14.8 Å². The molecule has 2 fully saturated rings. The Morgan fingerprint density at radius 3 is 1.89 bits per heavy atom. The van der Waals surface area contributed by atoms with Crippen LogP contribution in [0.3, 0.4) is 0 Å². The van der Waals surface area contributed by atoms with Gasteiger partial charge in [0.25, 0.3) is 0 Å². The van der Waals surface area contributed by atoms with Crippen LogP contribution in [0.1, 0.15) is 26.7 Å². The molecule has 0 amide bonds. The zero-order chi connectivity index (χ0) is 21.1. The summed E-state index contributed by atoms with van der Waals surface area (Å²) >= 11 is -2.32. The molecule has 0 aromatic carbocycles. The molecule has 0 N–H and O–H groups in total. The van der Waals surface area contributed by atoms with E-state index in [0.29, 0.717) is 12.8 Å². The predicted octanol–water partition coefficient (Wildman–Crippen LogP) is 2.53. The van der Waals surface area contributed by atoms with Crippen LogP contribution in [0.25, 0.3) is 0 Å². The molecule has 6 nitrogen and oxygen atoms in total. The summed E-state index contributed by atoms with van der Waals surface area (Å²) in [7, 11) is 4.22. The second-order valence-corrected chi connectivity index (χ2v) is 23.3. The zero-order valence-corrected chi connectivity index (χ0v) is 21.4. The van der Waals surface area contributed by atoms with Gasteiger partial charge in [0, 0.05) is 0 Å². The fourth-order valence-electron chi connectivity index (χ4n) is 4.03. The molecule has 1 aliphatic carbocycles. The molecular formula is C20H35BN2O4Sn. The van der Waals surface area contributed by atoms with Crippen LogP contribution >= 0.6 is 0 Å². The number of nitrogens with zero attached hydrogens (tertiary/aromatic N) is 2. The number of esters is 2. The van der Waals surface area contributed by atoms with Crippen LogP contribution in [0.4, 0.5) is 0 Å². The van der Waals surface area contributed by atoms with Crippen LogP contribution in [0.15, 0.2) is 21.2 Å². The molecule has 0 radical (unpaired) electrons. The fraction of sp³-hybridized carbons (Fsp3) is 0.700. The first-order valence-corrected chi connectivity index (χ1v) is 20.4. The molecule has 0 aromatic heterocycles. The fourth-order valence-corrected chi connectivity index (χ4v) is 7.84. The quantitative estimate of drug-likeness (QED) is 0.320. The van der Waals surface area contributed by atoms with Crippen molar-refractivity contribution in [2.75, 3.05) is 40.4 Å². The molecule has 0 unspecified atom stereocenters. The maximum atomic E-state index is 12.9. The van der Waals surface area contributed by atoms with Crippen LogP contribution in [0, 0.1) is 5.41 Å². The Morgan fingerprint density at radius 1 is 1.00 bits per heavy atom. The third-order valence-corrected chi connectivity index (χ3v) is 8.86. The summed E-state index contributed by atoms with van der Waals surface area (Å²) in [5.74, 6) is 1.32. The maximum absolute atomic E-state index is 12.9. The Hall–Kier alpha value is -0.796. The summed E-state index contributed by atoms with van der Waals surface area (Å²) in [6.07, 6.45) is 0.738. The number of likely N-dealkylation sites (N-methyl/N-ethyl adjacent to an activating group) is 2. The number of carbonyl (C=O) groups is 2. The first kappa shape index (κ1) is 23.5. The first-order valence-electron chi connectivity index (χ1n) is 10.2. The van der Waals surface area contributed by atoms with E-state index in [1.807, 2.05) is 0 Å². The second-order valence-electron chi connectivity index (χ2n) is 8.98. The van der Waals surface area contributed by atoms with Gasteiger partial charge < -0.3 is 0 Å². The number of carbonyl (C=O) groups excluding carboxylic acids is 2.